The third kappa shape index (κ3) is 4.24. The molecule has 2 nitrogen and oxygen atoms in total. The smallest absolute Gasteiger partial charge is 0.0635 e. The number of ether oxygens (including phenoxy) is 1. The normalized spacial score (nSPS) is 22.6. The van der Waals surface area contributed by atoms with Crippen LogP contribution in [-0.4, -0.2) is 25.8 Å². The lowest BCUT2D eigenvalue weighted by Crippen LogP contribution is -2.45. The molecule has 2 aromatic carbocycles. The molecular formula is C23H31NO. The van der Waals surface area contributed by atoms with Crippen molar-refractivity contribution in [3.8, 4) is 0 Å². The molecule has 3 rings (SSSR count). The average Bonchev–Trinajstić information content (AvgIpc) is 2.59. The number of nitrogens with zero attached hydrogens (tertiary/aromatic N) is 1. The lowest BCUT2D eigenvalue weighted by atomic mass is 9.67. The Bertz CT molecular complexity index is 694. The van der Waals surface area contributed by atoms with Gasteiger partial charge in [-0.15, -0.1) is 0 Å². The van der Waals surface area contributed by atoms with Gasteiger partial charge in [-0.05, 0) is 63.3 Å². The van der Waals surface area contributed by atoms with Gasteiger partial charge in [-0.2, -0.15) is 0 Å². The minimum Gasteiger partial charge on any atom is -0.376 e. The highest BCUT2D eigenvalue weighted by atomic mass is 16.5. The predicted molar refractivity (Wildman–Crippen MR) is 106 cm³/mol. The third-order valence-electron chi connectivity index (χ3n) is 5.59. The highest BCUT2D eigenvalue weighted by Gasteiger charge is 2.41. The van der Waals surface area contributed by atoms with Crippen LogP contribution in [-0.2, 0) is 10.2 Å². The van der Waals surface area contributed by atoms with Crippen LogP contribution in [0.1, 0.15) is 44.2 Å². The maximum atomic E-state index is 6.04. The van der Waals surface area contributed by atoms with E-state index in [0.29, 0.717) is 0 Å². The molecule has 0 bridgehead atoms. The Balaban J connectivity index is 1.81. The van der Waals surface area contributed by atoms with E-state index >= 15 is 0 Å². The van der Waals surface area contributed by atoms with Crippen LogP contribution in [0.4, 0.5) is 5.69 Å². The molecule has 0 amide bonds. The maximum absolute atomic E-state index is 6.04. The second-order valence-corrected chi connectivity index (χ2v) is 8.19. The fourth-order valence-corrected chi connectivity index (χ4v) is 4.25. The monoisotopic (exact) mass is 337 g/mol. The molecule has 2 heteroatoms. The van der Waals surface area contributed by atoms with Crippen molar-refractivity contribution < 1.29 is 4.74 Å². The summed E-state index contributed by atoms with van der Waals surface area (Å²) in [5.41, 5.74) is 4.21. The highest BCUT2D eigenvalue weighted by molar-refractivity contribution is 5.47. The standard InChI is InChI=1S/C23H31NO/c1-19-9-8-12-21(17-19)24(4)15-13-23(20-10-6-5-7-11-20)14-16-25-22(2,3)18-23/h5-12,17H,13-16,18H2,1-4H3. The first-order valence-corrected chi connectivity index (χ1v) is 9.38. The topological polar surface area (TPSA) is 12.5 Å². The minimum atomic E-state index is -0.0595. The first-order valence-electron chi connectivity index (χ1n) is 9.38. The van der Waals surface area contributed by atoms with E-state index in [0.717, 1.165) is 32.4 Å². The summed E-state index contributed by atoms with van der Waals surface area (Å²) < 4.78 is 6.04. The molecule has 1 aliphatic rings. The van der Waals surface area contributed by atoms with Crippen molar-refractivity contribution in [2.75, 3.05) is 25.1 Å². The van der Waals surface area contributed by atoms with E-state index < -0.39 is 0 Å². The Kier molecular flexibility index (Phi) is 5.19. The highest BCUT2D eigenvalue weighted by Crippen LogP contribution is 2.44. The van der Waals surface area contributed by atoms with Crippen LogP contribution in [0.25, 0.3) is 0 Å². The number of benzene rings is 2. The first kappa shape index (κ1) is 18.0. The van der Waals surface area contributed by atoms with Crippen molar-refractivity contribution in [2.45, 2.75) is 51.0 Å². The van der Waals surface area contributed by atoms with E-state index in [9.17, 15) is 0 Å². The molecule has 0 aliphatic carbocycles. The average molecular weight is 338 g/mol. The van der Waals surface area contributed by atoms with Gasteiger partial charge in [0.2, 0.25) is 0 Å². The van der Waals surface area contributed by atoms with Gasteiger partial charge in [0.1, 0.15) is 0 Å². The van der Waals surface area contributed by atoms with Crippen LogP contribution in [0.3, 0.4) is 0 Å². The summed E-state index contributed by atoms with van der Waals surface area (Å²) in [6, 6.07) is 19.8. The summed E-state index contributed by atoms with van der Waals surface area (Å²) in [7, 11) is 2.21. The number of hydrogen-bond donors (Lipinski definition) is 0. The second-order valence-electron chi connectivity index (χ2n) is 8.19. The Labute approximate surface area is 152 Å². The summed E-state index contributed by atoms with van der Waals surface area (Å²) in [5.74, 6) is 0. The lowest BCUT2D eigenvalue weighted by molar-refractivity contribution is -0.0837. The van der Waals surface area contributed by atoms with Gasteiger partial charge in [0.05, 0.1) is 5.60 Å². The zero-order valence-electron chi connectivity index (χ0n) is 16.1. The number of aryl methyl sites for hydroxylation is 1. The molecule has 0 radical (unpaired) electrons. The maximum Gasteiger partial charge on any atom is 0.0635 e. The molecule has 2 aromatic rings. The summed E-state index contributed by atoms with van der Waals surface area (Å²) in [6.07, 6.45) is 3.32. The summed E-state index contributed by atoms with van der Waals surface area (Å²) in [6.45, 7) is 8.51. The van der Waals surface area contributed by atoms with Gasteiger partial charge >= 0.3 is 0 Å². The molecule has 1 unspecified atom stereocenters. The van der Waals surface area contributed by atoms with Crippen molar-refractivity contribution in [3.05, 3.63) is 65.7 Å². The minimum absolute atomic E-state index is 0.0595. The van der Waals surface area contributed by atoms with E-state index in [4.69, 9.17) is 4.74 Å². The Hall–Kier alpha value is -1.80. The molecule has 1 aliphatic heterocycles. The van der Waals surface area contributed by atoms with Crippen molar-refractivity contribution in [3.63, 3.8) is 0 Å². The lowest BCUT2D eigenvalue weighted by Gasteiger charge is -2.46. The number of hydrogen-bond acceptors (Lipinski definition) is 2. The molecule has 1 heterocycles. The molecule has 0 aromatic heterocycles. The van der Waals surface area contributed by atoms with Crippen LogP contribution in [0.5, 0.6) is 0 Å². The van der Waals surface area contributed by atoms with Gasteiger partial charge < -0.3 is 9.64 Å². The summed E-state index contributed by atoms with van der Waals surface area (Å²) in [5, 5.41) is 0. The third-order valence-corrected chi connectivity index (χ3v) is 5.59. The van der Waals surface area contributed by atoms with E-state index in [2.05, 4.69) is 87.3 Å². The van der Waals surface area contributed by atoms with Gasteiger partial charge in [-0.25, -0.2) is 0 Å². The van der Waals surface area contributed by atoms with Gasteiger partial charge in [0.25, 0.3) is 0 Å². The van der Waals surface area contributed by atoms with E-state index in [-0.39, 0.29) is 11.0 Å². The van der Waals surface area contributed by atoms with E-state index in [1.54, 1.807) is 0 Å². The van der Waals surface area contributed by atoms with Crippen molar-refractivity contribution in [2.24, 2.45) is 0 Å². The van der Waals surface area contributed by atoms with Gasteiger partial charge in [0, 0.05) is 31.3 Å². The van der Waals surface area contributed by atoms with Crippen LogP contribution in [0.15, 0.2) is 54.6 Å². The summed E-state index contributed by atoms with van der Waals surface area (Å²) in [4.78, 5) is 2.39. The van der Waals surface area contributed by atoms with E-state index in [1.807, 2.05) is 0 Å². The SMILES string of the molecule is Cc1cccc(N(C)CCC2(c3ccccc3)CCOC(C)(C)C2)c1. The number of anilines is 1. The molecule has 0 spiro atoms. The molecule has 1 fully saturated rings. The predicted octanol–water partition coefficient (Wildman–Crippen LogP) is 5.35. The van der Waals surface area contributed by atoms with Crippen molar-refractivity contribution >= 4 is 5.69 Å². The fourth-order valence-electron chi connectivity index (χ4n) is 4.25. The van der Waals surface area contributed by atoms with Gasteiger partial charge in [-0.3, -0.25) is 0 Å². The molecule has 134 valence electrons. The number of rotatable bonds is 5. The zero-order valence-corrected chi connectivity index (χ0v) is 16.1. The largest absolute Gasteiger partial charge is 0.376 e. The molecule has 1 atom stereocenters. The second kappa shape index (κ2) is 7.21. The molecule has 1 saturated heterocycles. The van der Waals surface area contributed by atoms with Crippen molar-refractivity contribution in [1.82, 2.24) is 0 Å². The zero-order chi connectivity index (χ0) is 17.9. The fraction of sp³-hybridized carbons (Fsp3) is 0.478. The van der Waals surface area contributed by atoms with Crippen molar-refractivity contribution in [1.29, 1.82) is 0 Å². The van der Waals surface area contributed by atoms with Crippen LogP contribution in [0.2, 0.25) is 0 Å². The Morgan fingerprint density at radius 3 is 2.48 bits per heavy atom. The quantitative estimate of drug-likeness (QED) is 0.729. The van der Waals surface area contributed by atoms with Gasteiger partial charge in [0.15, 0.2) is 0 Å². The Morgan fingerprint density at radius 2 is 1.80 bits per heavy atom. The van der Waals surface area contributed by atoms with E-state index in [1.165, 1.54) is 16.8 Å². The summed E-state index contributed by atoms with van der Waals surface area (Å²) >= 11 is 0. The molecule has 25 heavy (non-hydrogen) atoms. The first-order chi connectivity index (χ1) is 11.9. The Morgan fingerprint density at radius 1 is 1.04 bits per heavy atom. The van der Waals surface area contributed by atoms with Crippen LogP contribution < -0.4 is 4.90 Å². The molecular weight excluding hydrogens is 306 g/mol. The molecule has 0 saturated carbocycles. The van der Waals surface area contributed by atoms with Gasteiger partial charge in [-0.1, -0.05) is 42.5 Å². The molecule has 0 N–H and O–H groups in total. The van der Waals surface area contributed by atoms with Crippen LogP contribution >= 0.6 is 0 Å². The van der Waals surface area contributed by atoms with Crippen LogP contribution in [0, 0.1) is 6.92 Å².